The van der Waals surface area contributed by atoms with E-state index in [9.17, 15) is 9.59 Å². The number of halogens is 1. The SMILES string of the molecule is CCC1=C(C(=O)OC)C(c2ccccc2Cl)C(C(=O)OC)=C(CC)N1C. The number of esters is 2. The summed E-state index contributed by atoms with van der Waals surface area (Å²) in [5, 5.41) is 0.482. The maximum Gasteiger partial charge on any atom is 0.336 e. The zero-order chi connectivity index (χ0) is 19.4. The van der Waals surface area contributed by atoms with Gasteiger partial charge in [-0.05, 0) is 24.5 Å². The third kappa shape index (κ3) is 3.36. The summed E-state index contributed by atoms with van der Waals surface area (Å²) in [5.74, 6) is -1.59. The Morgan fingerprint density at radius 3 is 1.85 bits per heavy atom. The molecule has 1 heterocycles. The molecule has 1 aromatic carbocycles. The molecule has 1 aliphatic heterocycles. The summed E-state index contributed by atoms with van der Waals surface area (Å²) >= 11 is 6.44. The van der Waals surface area contributed by atoms with Crippen LogP contribution in [0.4, 0.5) is 0 Å². The van der Waals surface area contributed by atoms with Crippen LogP contribution >= 0.6 is 11.6 Å². The van der Waals surface area contributed by atoms with E-state index in [1.807, 2.05) is 44.0 Å². The molecule has 0 N–H and O–H groups in total. The van der Waals surface area contributed by atoms with E-state index < -0.39 is 17.9 Å². The highest BCUT2D eigenvalue weighted by Gasteiger charge is 2.41. The molecule has 0 amide bonds. The van der Waals surface area contributed by atoms with Crippen molar-refractivity contribution in [3.05, 3.63) is 57.4 Å². The fourth-order valence-corrected chi connectivity index (χ4v) is 3.81. The maximum atomic E-state index is 12.7. The van der Waals surface area contributed by atoms with Gasteiger partial charge in [0.15, 0.2) is 0 Å². The van der Waals surface area contributed by atoms with Crippen LogP contribution in [-0.4, -0.2) is 38.1 Å². The molecular weight excluding hydrogens is 354 g/mol. The van der Waals surface area contributed by atoms with Crippen molar-refractivity contribution in [2.24, 2.45) is 0 Å². The van der Waals surface area contributed by atoms with Crippen LogP contribution in [0.3, 0.4) is 0 Å². The molecule has 0 aromatic heterocycles. The van der Waals surface area contributed by atoms with E-state index in [4.69, 9.17) is 21.1 Å². The Kier molecular flexibility index (Phi) is 6.48. The maximum absolute atomic E-state index is 12.7. The first-order valence-corrected chi connectivity index (χ1v) is 8.91. The molecule has 0 aliphatic carbocycles. The molecule has 26 heavy (non-hydrogen) atoms. The van der Waals surface area contributed by atoms with Gasteiger partial charge in [0.1, 0.15) is 0 Å². The fraction of sp³-hybridized carbons (Fsp3) is 0.400. The second-order valence-electron chi connectivity index (χ2n) is 5.92. The van der Waals surface area contributed by atoms with Crippen LogP contribution in [0, 0.1) is 0 Å². The summed E-state index contributed by atoms with van der Waals surface area (Å²) in [6.45, 7) is 3.93. The van der Waals surface area contributed by atoms with Gasteiger partial charge < -0.3 is 14.4 Å². The van der Waals surface area contributed by atoms with Crippen molar-refractivity contribution >= 4 is 23.5 Å². The summed E-state index contributed by atoms with van der Waals surface area (Å²) in [6, 6.07) is 7.22. The Balaban J connectivity index is 2.88. The normalized spacial score (nSPS) is 15.4. The minimum Gasteiger partial charge on any atom is -0.466 e. The Morgan fingerprint density at radius 2 is 1.46 bits per heavy atom. The van der Waals surface area contributed by atoms with Gasteiger partial charge in [0, 0.05) is 23.5 Å². The predicted octanol–water partition coefficient (Wildman–Crippen LogP) is 4.04. The second kappa shape index (κ2) is 8.41. The van der Waals surface area contributed by atoms with Crippen LogP contribution in [0.1, 0.15) is 38.2 Å². The average Bonchev–Trinajstić information content (AvgIpc) is 2.66. The highest BCUT2D eigenvalue weighted by molar-refractivity contribution is 6.31. The molecule has 0 atom stereocenters. The van der Waals surface area contributed by atoms with Gasteiger partial charge in [0.05, 0.1) is 31.3 Å². The Morgan fingerprint density at radius 1 is 1.00 bits per heavy atom. The Hall–Kier alpha value is -2.27. The van der Waals surface area contributed by atoms with Crippen LogP contribution in [0.2, 0.25) is 5.02 Å². The number of allylic oxidation sites excluding steroid dienone is 2. The number of carbonyl (C=O) groups is 2. The van der Waals surface area contributed by atoms with E-state index in [2.05, 4.69) is 0 Å². The number of carbonyl (C=O) groups excluding carboxylic acids is 2. The monoisotopic (exact) mass is 377 g/mol. The van der Waals surface area contributed by atoms with Crippen molar-refractivity contribution in [1.82, 2.24) is 4.90 Å². The van der Waals surface area contributed by atoms with Crippen LogP contribution < -0.4 is 0 Å². The molecule has 0 unspecified atom stereocenters. The first-order chi connectivity index (χ1) is 12.4. The smallest absolute Gasteiger partial charge is 0.336 e. The van der Waals surface area contributed by atoms with Gasteiger partial charge in [0.25, 0.3) is 0 Å². The van der Waals surface area contributed by atoms with Crippen LogP contribution in [0.25, 0.3) is 0 Å². The first-order valence-electron chi connectivity index (χ1n) is 8.53. The summed E-state index contributed by atoms with van der Waals surface area (Å²) in [6.07, 6.45) is 1.22. The van der Waals surface area contributed by atoms with Crippen molar-refractivity contribution in [3.8, 4) is 0 Å². The van der Waals surface area contributed by atoms with E-state index in [-0.39, 0.29) is 0 Å². The largest absolute Gasteiger partial charge is 0.466 e. The van der Waals surface area contributed by atoms with Gasteiger partial charge in [-0.25, -0.2) is 9.59 Å². The minimum absolute atomic E-state index is 0.420. The summed E-state index contributed by atoms with van der Waals surface area (Å²) in [5.41, 5.74) is 3.14. The molecule has 0 saturated carbocycles. The molecule has 1 aromatic rings. The lowest BCUT2D eigenvalue weighted by Gasteiger charge is -2.37. The lowest BCUT2D eigenvalue weighted by molar-refractivity contribution is -0.137. The Bertz CT molecular complexity index is 740. The molecule has 0 spiro atoms. The first kappa shape index (κ1) is 20.0. The van der Waals surface area contributed by atoms with Gasteiger partial charge in [-0.1, -0.05) is 43.6 Å². The van der Waals surface area contributed by atoms with Crippen LogP contribution in [0.5, 0.6) is 0 Å². The molecular formula is C20H24ClNO4. The quantitative estimate of drug-likeness (QED) is 0.725. The van der Waals surface area contributed by atoms with Gasteiger partial charge in [0.2, 0.25) is 0 Å². The number of hydrogen-bond donors (Lipinski definition) is 0. The molecule has 0 radical (unpaired) electrons. The van der Waals surface area contributed by atoms with Crippen LogP contribution in [0.15, 0.2) is 46.8 Å². The number of benzene rings is 1. The standard InChI is InChI=1S/C20H24ClNO4/c1-6-14-17(19(23)25-4)16(12-10-8-9-11-13(12)21)18(20(24)26-5)15(7-2)22(14)3/h8-11,16H,6-7H2,1-5H3. The van der Waals surface area contributed by atoms with Crippen molar-refractivity contribution in [2.45, 2.75) is 32.6 Å². The zero-order valence-corrected chi connectivity index (χ0v) is 16.5. The molecule has 0 bridgehead atoms. The van der Waals surface area contributed by atoms with E-state index in [0.29, 0.717) is 34.6 Å². The topological polar surface area (TPSA) is 55.8 Å². The number of methoxy groups -OCH3 is 2. The fourth-order valence-electron chi connectivity index (χ4n) is 3.57. The van der Waals surface area contributed by atoms with Crippen molar-refractivity contribution in [1.29, 1.82) is 0 Å². The van der Waals surface area contributed by atoms with E-state index in [0.717, 1.165) is 11.4 Å². The van der Waals surface area contributed by atoms with E-state index >= 15 is 0 Å². The number of rotatable bonds is 5. The Labute approximate surface area is 159 Å². The summed E-state index contributed by atoms with van der Waals surface area (Å²) in [4.78, 5) is 27.3. The van der Waals surface area contributed by atoms with Crippen LogP contribution in [-0.2, 0) is 19.1 Å². The molecule has 0 saturated heterocycles. The van der Waals surface area contributed by atoms with Gasteiger partial charge in [-0.15, -0.1) is 0 Å². The summed E-state index contributed by atoms with van der Waals surface area (Å²) < 4.78 is 10.1. The predicted molar refractivity (Wildman–Crippen MR) is 101 cm³/mol. The van der Waals surface area contributed by atoms with Gasteiger partial charge in [-0.2, -0.15) is 0 Å². The second-order valence-corrected chi connectivity index (χ2v) is 6.33. The molecule has 2 rings (SSSR count). The highest BCUT2D eigenvalue weighted by atomic mass is 35.5. The van der Waals surface area contributed by atoms with Crippen molar-refractivity contribution in [3.63, 3.8) is 0 Å². The van der Waals surface area contributed by atoms with Crippen molar-refractivity contribution in [2.75, 3.05) is 21.3 Å². The number of nitrogens with zero attached hydrogens (tertiary/aromatic N) is 1. The average molecular weight is 378 g/mol. The zero-order valence-electron chi connectivity index (χ0n) is 15.8. The molecule has 6 heteroatoms. The molecule has 0 fully saturated rings. The van der Waals surface area contributed by atoms with E-state index in [1.165, 1.54) is 14.2 Å². The van der Waals surface area contributed by atoms with Gasteiger partial charge >= 0.3 is 11.9 Å². The summed E-state index contributed by atoms with van der Waals surface area (Å²) in [7, 11) is 4.53. The lowest BCUT2D eigenvalue weighted by Crippen LogP contribution is -2.34. The van der Waals surface area contributed by atoms with E-state index in [1.54, 1.807) is 6.07 Å². The molecule has 5 nitrogen and oxygen atoms in total. The third-order valence-electron chi connectivity index (χ3n) is 4.71. The number of ether oxygens (including phenoxy) is 2. The molecule has 140 valence electrons. The third-order valence-corrected chi connectivity index (χ3v) is 5.05. The number of hydrogen-bond acceptors (Lipinski definition) is 5. The minimum atomic E-state index is -0.635. The lowest BCUT2D eigenvalue weighted by atomic mass is 9.78. The van der Waals surface area contributed by atoms with Gasteiger partial charge in [-0.3, -0.25) is 0 Å². The molecule has 1 aliphatic rings. The highest BCUT2D eigenvalue weighted by Crippen LogP contribution is 2.45. The van der Waals surface area contributed by atoms with Crippen molar-refractivity contribution < 1.29 is 19.1 Å².